The highest BCUT2D eigenvalue weighted by molar-refractivity contribution is 5.29. The van der Waals surface area contributed by atoms with Gasteiger partial charge in [0.1, 0.15) is 5.75 Å². The van der Waals surface area contributed by atoms with Gasteiger partial charge in [0.05, 0.1) is 13.2 Å². The number of hydrogen-bond acceptors (Lipinski definition) is 3. The summed E-state index contributed by atoms with van der Waals surface area (Å²) >= 11 is 0. The van der Waals surface area contributed by atoms with Crippen molar-refractivity contribution in [2.45, 2.75) is 12.5 Å². The second kappa shape index (κ2) is 7.04. The van der Waals surface area contributed by atoms with Crippen LogP contribution in [0.25, 0.3) is 0 Å². The van der Waals surface area contributed by atoms with Gasteiger partial charge in [0.15, 0.2) is 0 Å². The maximum Gasteiger partial charge on any atom is 0.119 e. The molecule has 1 unspecified atom stereocenters. The Morgan fingerprint density at radius 2 is 2.38 bits per heavy atom. The topological polar surface area (TPSA) is 41.5 Å². The third kappa shape index (κ3) is 4.04. The minimum Gasteiger partial charge on any atom is -0.497 e. The fraction of sp³-hybridized carbons (Fsp3) is 0.385. The molecule has 0 fully saturated rings. The summed E-state index contributed by atoms with van der Waals surface area (Å²) in [5.74, 6) is 0.766. The fourth-order valence-corrected chi connectivity index (χ4v) is 1.41. The first kappa shape index (κ1) is 12.7. The summed E-state index contributed by atoms with van der Waals surface area (Å²) in [4.78, 5) is 0. The molecule has 1 aromatic rings. The number of ether oxygens (including phenoxy) is 1. The van der Waals surface area contributed by atoms with E-state index in [1.54, 1.807) is 7.11 Å². The summed E-state index contributed by atoms with van der Waals surface area (Å²) in [6.45, 7) is 5.02. The Balaban J connectivity index is 2.45. The molecule has 0 radical (unpaired) electrons. The van der Waals surface area contributed by atoms with Crippen molar-refractivity contribution in [3.8, 4) is 5.75 Å². The maximum atomic E-state index is 9.90. The van der Waals surface area contributed by atoms with Gasteiger partial charge in [-0.2, -0.15) is 0 Å². The summed E-state index contributed by atoms with van der Waals surface area (Å²) in [5.41, 5.74) is 0.866. The van der Waals surface area contributed by atoms with Crippen LogP contribution in [0, 0.1) is 0 Å². The second-order valence-corrected chi connectivity index (χ2v) is 3.57. The predicted octanol–water partition coefficient (Wildman–Crippen LogP) is 1.89. The number of methoxy groups -OCH3 is 1. The van der Waals surface area contributed by atoms with Gasteiger partial charge in [-0.05, 0) is 30.7 Å². The third-order valence-electron chi connectivity index (χ3n) is 2.34. The Morgan fingerprint density at radius 1 is 1.56 bits per heavy atom. The molecule has 0 aliphatic carbocycles. The monoisotopic (exact) mass is 221 g/mol. The van der Waals surface area contributed by atoms with Crippen molar-refractivity contribution in [2.75, 3.05) is 20.2 Å². The summed E-state index contributed by atoms with van der Waals surface area (Å²) in [6.07, 6.45) is 2.26. The van der Waals surface area contributed by atoms with Crippen molar-refractivity contribution in [2.24, 2.45) is 0 Å². The maximum absolute atomic E-state index is 9.90. The smallest absolute Gasteiger partial charge is 0.119 e. The van der Waals surface area contributed by atoms with E-state index in [0.717, 1.165) is 24.3 Å². The molecule has 0 bridgehead atoms. The Labute approximate surface area is 96.8 Å². The Kier molecular flexibility index (Phi) is 5.61. The van der Waals surface area contributed by atoms with Crippen LogP contribution in [-0.4, -0.2) is 25.3 Å². The largest absolute Gasteiger partial charge is 0.497 e. The molecule has 2 N–H and O–H groups in total. The van der Waals surface area contributed by atoms with E-state index in [1.807, 2.05) is 30.3 Å². The fourth-order valence-electron chi connectivity index (χ4n) is 1.41. The SMILES string of the molecule is C=CCCNCC(O)c1cccc(OC)c1. The van der Waals surface area contributed by atoms with E-state index < -0.39 is 6.10 Å². The first-order valence-electron chi connectivity index (χ1n) is 5.41. The van der Waals surface area contributed by atoms with Crippen LogP contribution < -0.4 is 10.1 Å². The number of rotatable bonds is 7. The standard InChI is InChI=1S/C13H19NO2/c1-3-4-8-14-10-13(15)11-6-5-7-12(9-11)16-2/h3,5-7,9,13-15H,1,4,8,10H2,2H3. The third-order valence-corrected chi connectivity index (χ3v) is 2.34. The minimum atomic E-state index is -0.500. The molecule has 0 saturated carbocycles. The van der Waals surface area contributed by atoms with E-state index in [0.29, 0.717) is 6.54 Å². The molecule has 1 rings (SSSR count). The van der Waals surface area contributed by atoms with Gasteiger partial charge in [-0.25, -0.2) is 0 Å². The lowest BCUT2D eigenvalue weighted by Gasteiger charge is -2.12. The van der Waals surface area contributed by atoms with Crippen molar-refractivity contribution in [1.82, 2.24) is 5.32 Å². The first-order chi connectivity index (χ1) is 7.77. The van der Waals surface area contributed by atoms with E-state index >= 15 is 0 Å². The van der Waals surface area contributed by atoms with Crippen LogP contribution in [0.5, 0.6) is 5.75 Å². The van der Waals surface area contributed by atoms with Crippen LogP contribution in [-0.2, 0) is 0 Å². The van der Waals surface area contributed by atoms with Gasteiger partial charge in [-0.15, -0.1) is 6.58 Å². The van der Waals surface area contributed by atoms with Gasteiger partial charge < -0.3 is 15.2 Å². The number of nitrogens with one attached hydrogen (secondary N) is 1. The van der Waals surface area contributed by atoms with Crippen molar-refractivity contribution in [3.05, 3.63) is 42.5 Å². The van der Waals surface area contributed by atoms with Crippen molar-refractivity contribution >= 4 is 0 Å². The van der Waals surface area contributed by atoms with Crippen LogP contribution in [0.3, 0.4) is 0 Å². The Hall–Kier alpha value is -1.32. The highest BCUT2D eigenvalue weighted by atomic mass is 16.5. The molecule has 88 valence electrons. The van der Waals surface area contributed by atoms with Crippen molar-refractivity contribution in [1.29, 1.82) is 0 Å². The normalized spacial score (nSPS) is 12.1. The van der Waals surface area contributed by atoms with Gasteiger partial charge in [0.25, 0.3) is 0 Å². The van der Waals surface area contributed by atoms with E-state index in [-0.39, 0.29) is 0 Å². The van der Waals surface area contributed by atoms with Gasteiger partial charge in [0, 0.05) is 6.54 Å². The molecular formula is C13H19NO2. The van der Waals surface area contributed by atoms with Gasteiger partial charge in [0.2, 0.25) is 0 Å². The zero-order chi connectivity index (χ0) is 11.8. The Bertz CT molecular complexity index is 325. The predicted molar refractivity (Wildman–Crippen MR) is 65.6 cm³/mol. The van der Waals surface area contributed by atoms with Gasteiger partial charge in [-0.3, -0.25) is 0 Å². The minimum absolute atomic E-state index is 0.500. The molecule has 0 spiro atoms. The molecule has 0 saturated heterocycles. The molecule has 1 atom stereocenters. The molecule has 0 heterocycles. The molecular weight excluding hydrogens is 202 g/mol. The summed E-state index contributed by atoms with van der Waals surface area (Å²) in [6, 6.07) is 7.48. The molecule has 3 nitrogen and oxygen atoms in total. The van der Waals surface area contributed by atoms with E-state index in [9.17, 15) is 5.11 Å². The highest BCUT2D eigenvalue weighted by Gasteiger charge is 2.07. The average molecular weight is 221 g/mol. The van der Waals surface area contributed by atoms with Gasteiger partial charge in [-0.1, -0.05) is 18.2 Å². The van der Waals surface area contributed by atoms with Crippen LogP contribution in [0.4, 0.5) is 0 Å². The molecule has 1 aromatic carbocycles. The van der Waals surface area contributed by atoms with E-state index in [2.05, 4.69) is 11.9 Å². The molecule has 16 heavy (non-hydrogen) atoms. The zero-order valence-electron chi connectivity index (χ0n) is 9.65. The van der Waals surface area contributed by atoms with Crippen LogP contribution in [0.15, 0.2) is 36.9 Å². The first-order valence-corrected chi connectivity index (χ1v) is 5.41. The van der Waals surface area contributed by atoms with E-state index in [4.69, 9.17) is 4.74 Å². The van der Waals surface area contributed by atoms with E-state index in [1.165, 1.54) is 0 Å². The summed E-state index contributed by atoms with van der Waals surface area (Å²) < 4.78 is 5.10. The molecule has 3 heteroatoms. The number of aliphatic hydroxyl groups is 1. The van der Waals surface area contributed by atoms with Gasteiger partial charge >= 0.3 is 0 Å². The Morgan fingerprint density at radius 3 is 3.06 bits per heavy atom. The number of aliphatic hydroxyl groups excluding tert-OH is 1. The molecule has 0 aliphatic heterocycles. The number of benzene rings is 1. The molecule has 0 aromatic heterocycles. The zero-order valence-corrected chi connectivity index (χ0v) is 9.65. The summed E-state index contributed by atoms with van der Waals surface area (Å²) in [5, 5.41) is 13.1. The van der Waals surface area contributed by atoms with Crippen LogP contribution in [0.1, 0.15) is 18.1 Å². The van der Waals surface area contributed by atoms with Crippen molar-refractivity contribution in [3.63, 3.8) is 0 Å². The quantitative estimate of drug-likeness (QED) is 0.546. The highest BCUT2D eigenvalue weighted by Crippen LogP contribution is 2.18. The summed E-state index contributed by atoms with van der Waals surface area (Å²) in [7, 11) is 1.62. The number of hydrogen-bond donors (Lipinski definition) is 2. The lowest BCUT2D eigenvalue weighted by atomic mass is 10.1. The second-order valence-electron chi connectivity index (χ2n) is 3.57. The lowest BCUT2D eigenvalue weighted by molar-refractivity contribution is 0.175. The molecule has 0 amide bonds. The average Bonchev–Trinajstić information content (AvgIpc) is 2.34. The van der Waals surface area contributed by atoms with Crippen LogP contribution >= 0.6 is 0 Å². The van der Waals surface area contributed by atoms with Crippen LogP contribution in [0.2, 0.25) is 0 Å². The molecule has 0 aliphatic rings. The van der Waals surface area contributed by atoms with Crippen molar-refractivity contribution < 1.29 is 9.84 Å². The lowest BCUT2D eigenvalue weighted by Crippen LogP contribution is -2.22.